The predicted octanol–water partition coefficient (Wildman–Crippen LogP) is 1.18. The van der Waals surface area contributed by atoms with Crippen molar-refractivity contribution >= 4 is 29.4 Å². The summed E-state index contributed by atoms with van der Waals surface area (Å²) in [5.74, 6) is -3.39. The molecule has 1 heterocycles. The van der Waals surface area contributed by atoms with Crippen LogP contribution in [0.3, 0.4) is 0 Å². The molecular weight excluding hydrogens is 381 g/mol. The van der Waals surface area contributed by atoms with Crippen molar-refractivity contribution in [1.29, 1.82) is 0 Å². The number of ether oxygens (including phenoxy) is 1. The number of amides is 3. The Labute approximate surface area is 165 Å². The molecule has 1 aliphatic heterocycles. The fourth-order valence-corrected chi connectivity index (χ4v) is 2.81. The molecule has 0 bridgehead atoms. The number of hydrogen-bond acceptors (Lipinski definition) is 5. The van der Waals surface area contributed by atoms with Crippen molar-refractivity contribution in [3.63, 3.8) is 0 Å². The van der Waals surface area contributed by atoms with Crippen molar-refractivity contribution in [1.82, 2.24) is 10.9 Å². The van der Waals surface area contributed by atoms with E-state index in [-0.39, 0.29) is 18.9 Å². The van der Waals surface area contributed by atoms with E-state index in [9.17, 15) is 23.6 Å². The van der Waals surface area contributed by atoms with Gasteiger partial charge in [0.2, 0.25) is 5.91 Å². The molecular formula is C20H18FN3O5. The average Bonchev–Trinajstić information content (AvgIpc) is 3.13. The number of esters is 1. The summed E-state index contributed by atoms with van der Waals surface area (Å²) in [6.07, 6.45) is -0.0669. The molecule has 1 fully saturated rings. The lowest BCUT2D eigenvalue weighted by molar-refractivity contribution is -0.152. The number of anilines is 1. The van der Waals surface area contributed by atoms with E-state index < -0.39 is 36.1 Å². The van der Waals surface area contributed by atoms with Gasteiger partial charge < -0.3 is 9.64 Å². The van der Waals surface area contributed by atoms with E-state index in [2.05, 4.69) is 10.9 Å². The van der Waals surface area contributed by atoms with Crippen LogP contribution in [0.2, 0.25) is 0 Å². The highest BCUT2D eigenvalue weighted by atomic mass is 19.1. The summed E-state index contributed by atoms with van der Waals surface area (Å²) in [6.45, 7) is -0.523. The largest absolute Gasteiger partial charge is 0.455 e. The number of carbonyl (C=O) groups excluding carboxylic acids is 4. The Morgan fingerprint density at radius 3 is 2.41 bits per heavy atom. The Balaban J connectivity index is 1.44. The molecule has 2 N–H and O–H groups in total. The second-order valence-electron chi connectivity index (χ2n) is 6.36. The van der Waals surface area contributed by atoms with Crippen LogP contribution in [0.15, 0.2) is 54.6 Å². The van der Waals surface area contributed by atoms with E-state index in [4.69, 9.17) is 4.74 Å². The minimum absolute atomic E-state index is 0.0669. The summed E-state index contributed by atoms with van der Waals surface area (Å²) in [6, 6.07) is 13.6. The number of rotatable bonds is 5. The Morgan fingerprint density at radius 2 is 1.72 bits per heavy atom. The molecule has 8 nitrogen and oxygen atoms in total. The molecule has 29 heavy (non-hydrogen) atoms. The summed E-state index contributed by atoms with van der Waals surface area (Å²) < 4.78 is 18.0. The normalized spacial score (nSPS) is 15.7. The van der Waals surface area contributed by atoms with Gasteiger partial charge >= 0.3 is 5.97 Å². The summed E-state index contributed by atoms with van der Waals surface area (Å²) in [5, 5.41) is 0. The van der Waals surface area contributed by atoms with E-state index >= 15 is 0 Å². The van der Waals surface area contributed by atoms with Gasteiger partial charge in [-0.2, -0.15) is 0 Å². The highest BCUT2D eigenvalue weighted by molar-refractivity contribution is 5.99. The van der Waals surface area contributed by atoms with E-state index in [1.165, 1.54) is 29.2 Å². The number of hydrazine groups is 1. The van der Waals surface area contributed by atoms with Gasteiger partial charge in [-0.15, -0.1) is 0 Å². The van der Waals surface area contributed by atoms with Gasteiger partial charge in [0.1, 0.15) is 5.82 Å². The zero-order chi connectivity index (χ0) is 20.8. The molecule has 0 radical (unpaired) electrons. The highest BCUT2D eigenvalue weighted by Gasteiger charge is 2.36. The molecule has 0 aromatic heterocycles. The zero-order valence-corrected chi connectivity index (χ0v) is 15.3. The smallest absolute Gasteiger partial charge is 0.311 e. The zero-order valence-electron chi connectivity index (χ0n) is 15.3. The van der Waals surface area contributed by atoms with Crippen LogP contribution in [0, 0.1) is 11.7 Å². The summed E-state index contributed by atoms with van der Waals surface area (Å²) in [4.78, 5) is 49.2. The first-order chi connectivity index (χ1) is 13.9. The lowest BCUT2D eigenvalue weighted by atomic mass is 10.1. The fraction of sp³-hybridized carbons (Fsp3) is 0.200. The molecule has 1 saturated heterocycles. The molecule has 0 spiro atoms. The number of nitrogens with zero attached hydrogens (tertiary/aromatic N) is 1. The minimum atomic E-state index is -0.737. The molecule has 0 aliphatic carbocycles. The lowest BCUT2D eigenvalue weighted by Gasteiger charge is -2.16. The van der Waals surface area contributed by atoms with Crippen LogP contribution < -0.4 is 15.8 Å². The second-order valence-corrected chi connectivity index (χ2v) is 6.36. The maximum atomic E-state index is 13.0. The molecule has 1 atom stereocenters. The van der Waals surface area contributed by atoms with Crippen LogP contribution in [0.4, 0.5) is 10.1 Å². The molecule has 9 heteroatoms. The Kier molecular flexibility index (Phi) is 6.18. The van der Waals surface area contributed by atoms with Crippen molar-refractivity contribution in [2.45, 2.75) is 6.42 Å². The van der Waals surface area contributed by atoms with Gasteiger partial charge in [-0.25, -0.2) is 4.39 Å². The van der Waals surface area contributed by atoms with Crippen molar-refractivity contribution < 1.29 is 28.3 Å². The molecule has 150 valence electrons. The van der Waals surface area contributed by atoms with Crippen LogP contribution in [0.5, 0.6) is 0 Å². The van der Waals surface area contributed by atoms with Gasteiger partial charge in [0.25, 0.3) is 11.8 Å². The standard InChI is InChI=1S/C20H18FN3O5/c21-15-6-8-16(9-7-15)24-11-14(10-18(24)26)20(28)29-12-17(25)22-23-19(27)13-4-2-1-3-5-13/h1-9,14H,10-12H2,(H,22,25)(H,23,27)/t14-/m0/s1. The molecule has 2 aromatic rings. The quantitative estimate of drug-likeness (QED) is 0.580. The van der Waals surface area contributed by atoms with Gasteiger partial charge in [0.05, 0.1) is 5.92 Å². The van der Waals surface area contributed by atoms with Gasteiger partial charge in [-0.1, -0.05) is 18.2 Å². The summed E-state index contributed by atoms with van der Waals surface area (Å²) >= 11 is 0. The third kappa shape index (κ3) is 5.16. The third-order valence-electron chi connectivity index (χ3n) is 4.29. The topological polar surface area (TPSA) is 105 Å². The van der Waals surface area contributed by atoms with Gasteiger partial charge in [0, 0.05) is 24.2 Å². The fourth-order valence-electron chi connectivity index (χ4n) is 2.81. The van der Waals surface area contributed by atoms with Crippen LogP contribution in [0.1, 0.15) is 16.8 Å². The third-order valence-corrected chi connectivity index (χ3v) is 4.29. The van der Waals surface area contributed by atoms with Crippen molar-refractivity contribution in [3.05, 3.63) is 66.0 Å². The molecule has 0 saturated carbocycles. The van der Waals surface area contributed by atoms with E-state index in [1.807, 2.05) is 0 Å². The summed E-state index contributed by atoms with van der Waals surface area (Å²) in [7, 11) is 0. The van der Waals surface area contributed by atoms with E-state index in [0.29, 0.717) is 11.3 Å². The van der Waals surface area contributed by atoms with Gasteiger partial charge in [-0.05, 0) is 36.4 Å². The Hall–Kier alpha value is -3.75. The lowest BCUT2D eigenvalue weighted by Crippen LogP contribution is -2.43. The Bertz CT molecular complexity index is 917. The average molecular weight is 399 g/mol. The Morgan fingerprint density at radius 1 is 1.03 bits per heavy atom. The van der Waals surface area contributed by atoms with Gasteiger partial charge in [-0.3, -0.25) is 30.0 Å². The summed E-state index contributed by atoms with van der Waals surface area (Å²) in [5.41, 5.74) is 5.19. The molecule has 2 aromatic carbocycles. The maximum Gasteiger partial charge on any atom is 0.311 e. The predicted molar refractivity (Wildman–Crippen MR) is 99.9 cm³/mol. The minimum Gasteiger partial charge on any atom is -0.455 e. The van der Waals surface area contributed by atoms with Crippen LogP contribution in [-0.2, 0) is 19.1 Å². The number of halogens is 1. The SMILES string of the molecule is O=C(COC(=O)[C@H]1CC(=O)N(c2ccc(F)cc2)C1)NNC(=O)c1ccccc1. The number of carbonyl (C=O) groups is 4. The molecule has 3 amide bonds. The van der Waals surface area contributed by atoms with E-state index in [0.717, 1.165) is 0 Å². The number of benzene rings is 2. The second kappa shape index (κ2) is 8.96. The maximum absolute atomic E-state index is 13.0. The van der Waals surface area contributed by atoms with Crippen LogP contribution in [0.25, 0.3) is 0 Å². The highest BCUT2D eigenvalue weighted by Crippen LogP contribution is 2.25. The molecule has 3 rings (SSSR count). The van der Waals surface area contributed by atoms with Crippen LogP contribution >= 0.6 is 0 Å². The molecule has 1 aliphatic rings. The number of hydrogen-bond donors (Lipinski definition) is 2. The van der Waals surface area contributed by atoms with E-state index in [1.54, 1.807) is 30.3 Å². The first-order valence-electron chi connectivity index (χ1n) is 8.81. The van der Waals surface area contributed by atoms with Crippen molar-refractivity contribution in [3.8, 4) is 0 Å². The van der Waals surface area contributed by atoms with Crippen molar-refractivity contribution in [2.75, 3.05) is 18.1 Å². The molecule has 0 unspecified atom stereocenters. The first-order valence-corrected chi connectivity index (χ1v) is 8.81. The van der Waals surface area contributed by atoms with Crippen molar-refractivity contribution in [2.24, 2.45) is 5.92 Å². The first kappa shape index (κ1) is 20.0. The van der Waals surface area contributed by atoms with Crippen LogP contribution in [-0.4, -0.2) is 36.8 Å². The number of nitrogens with one attached hydrogen (secondary N) is 2. The van der Waals surface area contributed by atoms with Gasteiger partial charge in [0.15, 0.2) is 6.61 Å². The monoisotopic (exact) mass is 399 g/mol.